The Labute approximate surface area is 78.5 Å². The second-order valence-corrected chi connectivity index (χ2v) is 5.25. The second kappa shape index (κ2) is 4.43. The summed E-state index contributed by atoms with van der Waals surface area (Å²) in [6, 6.07) is 3.86. The Morgan fingerprint density at radius 2 is 1.92 bits per heavy atom. The number of aromatic nitrogens is 1. The minimum atomic E-state index is -2.84. The van der Waals surface area contributed by atoms with Crippen molar-refractivity contribution in [1.82, 2.24) is 9.88 Å². The third-order valence-electron chi connectivity index (χ3n) is 1.61. The fourth-order valence-corrected chi connectivity index (χ4v) is 1.46. The normalized spacial score (nSPS) is 11.8. The minimum absolute atomic E-state index is 0.189. The van der Waals surface area contributed by atoms with Crippen LogP contribution in [-0.4, -0.2) is 31.5 Å². The molecule has 13 heavy (non-hydrogen) atoms. The molecule has 0 atom stereocenters. The van der Waals surface area contributed by atoms with Crippen molar-refractivity contribution in [3.8, 4) is 0 Å². The van der Waals surface area contributed by atoms with Crippen molar-refractivity contribution >= 4 is 9.84 Å². The summed E-state index contributed by atoms with van der Waals surface area (Å²) in [5, 5.41) is 3.03. The Morgan fingerprint density at radius 3 is 2.46 bits per heavy atom. The third-order valence-corrected chi connectivity index (χ3v) is 2.56. The monoisotopic (exact) mass is 202 g/mol. The molecule has 0 amide bonds. The van der Waals surface area contributed by atoms with E-state index in [0.717, 1.165) is 0 Å². The van der Waals surface area contributed by atoms with E-state index in [1.807, 2.05) is 29.1 Å². The van der Waals surface area contributed by atoms with Gasteiger partial charge < -0.3 is 4.57 Å². The van der Waals surface area contributed by atoms with Crippen LogP contribution in [0.2, 0.25) is 0 Å². The highest BCUT2D eigenvalue weighted by atomic mass is 32.2. The van der Waals surface area contributed by atoms with Gasteiger partial charge in [-0.2, -0.15) is 0 Å². The molecule has 1 rings (SSSR count). The number of rotatable bonds is 5. The minimum Gasteiger partial charge on any atom is -0.341 e. The van der Waals surface area contributed by atoms with Gasteiger partial charge in [-0.25, -0.2) is 8.42 Å². The van der Waals surface area contributed by atoms with E-state index in [4.69, 9.17) is 0 Å². The predicted octanol–water partition coefficient (Wildman–Crippen LogP) is 0.0798. The maximum absolute atomic E-state index is 10.7. The van der Waals surface area contributed by atoms with Gasteiger partial charge in [0, 0.05) is 25.2 Å². The van der Waals surface area contributed by atoms with Crippen LogP contribution in [0.3, 0.4) is 0 Å². The van der Waals surface area contributed by atoms with Crippen LogP contribution in [0.15, 0.2) is 24.5 Å². The number of sulfone groups is 1. The van der Waals surface area contributed by atoms with Gasteiger partial charge in [0.15, 0.2) is 0 Å². The largest absolute Gasteiger partial charge is 0.341 e. The van der Waals surface area contributed by atoms with E-state index in [9.17, 15) is 8.42 Å². The maximum atomic E-state index is 10.7. The lowest BCUT2D eigenvalue weighted by molar-refractivity contribution is 0.565. The van der Waals surface area contributed by atoms with Crippen LogP contribution in [0, 0.1) is 0 Å². The number of hydrogen-bond acceptors (Lipinski definition) is 3. The molecule has 1 aromatic rings. The first kappa shape index (κ1) is 10.3. The molecule has 74 valence electrons. The zero-order valence-corrected chi connectivity index (χ0v) is 8.42. The van der Waals surface area contributed by atoms with Crippen LogP contribution in [-0.2, 0) is 16.5 Å². The first-order valence-electron chi connectivity index (χ1n) is 4.07. The number of hydrogen-bond donors (Lipinski definition) is 1. The zero-order valence-electron chi connectivity index (χ0n) is 7.60. The maximum Gasteiger partial charge on any atom is 0.148 e. The van der Waals surface area contributed by atoms with Crippen molar-refractivity contribution in [2.45, 2.75) is 6.67 Å². The summed E-state index contributed by atoms with van der Waals surface area (Å²) in [4.78, 5) is 0. The summed E-state index contributed by atoms with van der Waals surface area (Å²) in [6.07, 6.45) is 5.09. The van der Waals surface area contributed by atoms with Gasteiger partial charge in [-0.3, -0.25) is 5.32 Å². The van der Waals surface area contributed by atoms with E-state index in [2.05, 4.69) is 5.32 Å². The lowest BCUT2D eigenvalue weighted by Crippen LogP contribution is -2.24. The first-order valence-corrected chi connectivity index (χ1v) is 6.13. The quantitative estimate of drug-likeness (QED) is 0.688. The second-order valence-electron chi connectivity index (χ2n) is 2.99. The Balaban J connectivity index is 2.16. The Hall–Kier alpha value is -0.810. The average Bonchev–Trinajstić information content (AvgIpc) is 2.48. The molecule has 0 radical (unpaired) electrons. The molecule has 4 nitrogen and oxygen atoms in total. The van der Waals surface area contributed by atoms with Gasteiger partial charge >= 0.3 is 0 Å². The van der Waals surface area contributed by atoms with Crippen LogP contribution in [0.1, 0.15) is 0 Å². The van der Waals surface area contributed by atoms with Gasteiger partial charge in [0.25, 0.3) is 0 Å². The molecule has 0 saturated heterocycles. The SMILES string of the molecule is CS(=O)(=O)CCNCn1cccc1. The van der Waals surface area contributed by atoms with Gasteiger partial charge in [-0.1, -0.05) is 0 Å². The molecule has 0 spiro atoms. The van der Waals surface area contributed by atoms with Gasteiger partial charge in [0.05, 0.1) is 12.4 Å². The van der Waals surface area contributed by atoms with Crippen LogP contribution < -0.4 is 5.32 Å². The van der Waals surface area contributed by atoms with E-state index in [-0.39, 0.29) is 5.75 Å². The van der Waals surface area contributed by atoms with Crippen molar-refractivity contribution in [3.05, 3.63) is 24.5 Å². The Kier molecular flexibility index (Phi) is 3.50. The fourth-order valence-electron chi connectivity index (χ4n) is 0.941. The summed E-state index contributed by atoms with van der Waals surface area (Å²) in [5.41, 5.74) is 0. The van der Waals surface area contributed by atoms with Crippen molar-refractivity contribution in [3.63, 3.8) is 0 Å². The van der Waals surface area contributed by atoms with Crippen LogP contribution in [0.4, 0.5) is 0 Å². The fraction of sp³-hybridized carbons (Fsp3) is 0.500. The first-order chi connectivity index (χ1) is 6.08. The van der Waals surface area contributed by atoms with Crippen molar-refractivity contribution in [2.75, 3.05) is 18.6 Å². The van der Waals surface area contributed by atoms with Gasteiger partial charge in [-0.15, -0.1) is 0 Å². The van der Waals surface area contributed by atoms with E-state index in [1.165, 1.54) is 6.26 Å². The molecule has 5 heteroatoms. The molecule has 1 heterocycles. The zero-order chi connectivity index (χ0) is 9.73. The third kappa shape index (κ3) is 4.69. The molecule has 0 bridgehead atoms. The summed E-state index contributed by atoms with van der Waals surface area (Å²) in [6.45, 7) is 1.15. The van der Waals surface area contributed by atoms with Gasteiger partial charge in [0.2, 0.25) is 0 Å². The summed E-state index contributed by atoms with van der Waals surface area (Å²) < 4.78 is 23.4. The summed E-state index contributed by atoms with van der Waals surface area (Å²) in [7, 11) is -2.84. The van der Waals surface area contributed by atoms with Crippen molar-refractivity contribution < 1.29 is 8.42 Å². The predicted molar refractivity (Wildman–Crippen MR) is 52.1 cm³/mol. The Morgan fingerprint density at radius 1 is 1.31 bits per heavy atom. The van der Waals surface area contributed by atoms with Crippen LogP contribution >= 0.6 is 0 Å². The molecular weight excluding hydrogens is 188 g/mol. The van der Waals surface area contributed by atoms with Crippen LogP contribution in [0.25, 0.3) is 0 Å². The number of nitrogens with zero attached hydrogens (tertiary/aromatic N) is 1. The van der Waals surface area contributed by atoms with E-state index >= 15 is 0 Å². The van der Waals surface area contributed by atoms with E-state index in [0.29, 0.717) is 13.2 Å². The van der Waals surface area contributed by atoms with Gasteiger partial charge in [0.1, 0.15) is 9.84 Å². The average molecular weight is 202 g/mol. The standard InChI is InChI=1S/C8H14N2O2S/c1-13(11,12)7-4-9-8-10-5-2-3-6-10/h2-3,5-6,9H,4,7-8H2,1H3. The molecule has 0 aliphatic carbocycles. The molecule has 0 aromatic carbocycles. The van der Waals surface area contributed by atoms with Crippen molar-refractivity contribution in [2.24, 2.45) is 0 Å². The molecule has 0 aliphatic rings. The molecular formula is C8H14N2O2S. The highest BCUT2D eigenvalue weighted by molar-refractivity contribution is 7.90. The Bertz CT molecular complexity index is 329. The lowest BCUT2D eigenvalue weighted by Gasteiger charge is -2.04. The summed E-state index contributed by atoms with van der Waals surface area (Å²) >= 11 is 0. The van der Waals surface area contributed by atoms with Crippen molar-refractivity contribution in [1.29, 1.82) is 0 Å². The van der Waals surface area contributed by atoms with Gasteiger partial charge in [-0.05, 0) is 12.1 Å². The van der Waals surface area contributed by atoms with E-state index in [1.54, 1.807) is 0 Å². The summed E-state index contributed by atoms with van der Waals surface area (Å²) in [5.74, 6) is 0.189. The topological polar surface area (TPSA) is 51.1 Å². The van der Waals surface area contributed by atoms with Crippen LogP contribution in [0.5, 0.6) is 0 Å². The lowest BCUT2D eigenvalue weighted by atomic mass is 10.7. The molecule has 0 aliphatic heterocycles. The molecule has 1 aromatic heterocycles. The highest BCUT2D eigenvalue weighted by Gasteiger charge is 1.99. The highest BCUT2D eigenvalue weighted by Crippen LogP contribution is 1.87. The molecule has 1 N–H and O–H groups in total. The molecule has 0 unspecified atom stereocenters. The molecule has 0 saturated carbocycles. The molecule has 0 fully saturated rings. The van der Waals surface area contributed by atoms with E-state index < -0.39 is 9.84 Å². The smallest absolute Gasteiger partial charge is 0.148 e. The number of nitrogens with one attached hydrogen (secondary N) is 1.